The Hall–Kier alpha value is -1.72. The fourth-order valence-electron chi connectivity index (χ4n) is 8.67. The number of rotatable bonds is 3. The number of ether oxygens (including phenoxy) is 1. The van der Waals surface area contributed by atoms with E-state index in [1.807, 2.05) is 19.1 Å². The molecular weight excluding hydrogens is 416 g/mol. The summed E-state index contributed by atoms with van der Waals surface area (Å²) in [5, 5.41) is 20.8. The van der Waals surface area contributed by atoms with Crippen LogP contribution in [-0.4, -0.2) is 40.8 Å². The van der Waals surface area contributed by atoms with Crippen LogP contribution in [0.4, 0.5) is 0 Å². The van der Waals surface area contributed by atoms with E-state index >= 15 is 0 Å². The Balaban J connectivity index is 1.42. The lowest BCUT2D eigenvalue weighted by Crippen LogP contribution is -2.56. The smallest absolute Gasteiger partial charge is 0.336 e. The van der Waals surface area contributed by atoms with Crippen LogP contribution in [-0.2, 0) is 14.3 Å². The summed E-state index contributed by atoms with van der Waals surface area (Å²) >= 11 is 0. The van der Waals surface area contributed by atoms with Crippen molar-refractivity contribution in [2.45, 2.75) is 78.4 Å². The topological polar surface area (TPSA) is 83.8 Å². The molecule has 1 heterocycles. The second-order valence-corrected chi connectivity index (χ2v) is 11.8. The number of carbonyl (C=O) groups excluding carboxylic acids is 2. The van der Waals surface area contributed by atoms with E-state index in [0.29, 0.717) is 23.8 Å². The number of aliphatic hydroxyl groups is 2. The van der Waals surface area contributed by atoms with Crippen LogP contribution in [0.25, 0.3) is 0 Å². The molecule has 0 radical (unpaired) electrons. The molecule has 0 spiro atoms. The predicted octanol–water partition coefficient (Wildman–Crippen LogP) is 4.14. The second kappa shape index (κ2) is 7.91. The molecular formula is C28H38O5. The summed E-state index contributed by atoms with van der Waals surface area (Å²) in [5.41, 5.74) is 2.02. The highest BCUT2D eigenvalue weighted by molar-refractivity contribution is 5.98. The van der Waals surface area contributed by atoms with Gasteiger partial charge in [0.2, 0.25) is 0 Å². The summed E-state index contributed by atoms with van der Waals surface area (Å²) in [6.07, 6.45) is 10.6. The molecule has 5 heteroatoms. The van der Waals surface area contributed by atoms with Gasteiger partial charge in [-0.15, -0.1) is 0 Å². The van der Waals surface area contributed by atoms with Crippen molar-refractivity contribution in [2.24, 2.45) is 40.4 Å². The van der Waals surface area contributed by atoms with Gasteiger partial charge in [0.25, 0.3) is 0 Å². The minimum Gasteiger partial charge on any atom is -0.458 e. The molecule has 5 aliphatic rings. The van der Waals surface area contributed by atoms with Crippen molar-refractivity contribution < 1.29 is 24.5 Å². The van der Waals surface area contributed by atoms with Crippen molar-refractivity contribution >= 4 is 11.8 Å². The van der Waals surface area contributed by atoms with Crippen molar-refractivity contribution in [2.75, 3.05) is 6.61 Å². The van der Waals surface area contributed by atoms with Gasteiger partial charge in [0.15, 0.2) is 5.78 Å². The molecule has 9 atom stereocenters. The highest BCUT2D eigenvalue weighted by Crippen LogP contribution is 2.66. The zero-order valence-electron chi connectivity index (χ0n) is 20.3. The standard InChI is InChI=1S/C28H38O5/c1-15-12-23(33-26(32)18(15)14-29)16(2)19-8-9-20-25-21(10-11-27(19,20)3)28(4)17(13-22(25)30)6-5-7-24(28)31/h5,7,13,16,19-23,25,29-30H,6,8-12,14H2,1-4H3/t16-,19+,20-,21-,22+,23?,25?,27+,28-/m0/s1. The summed E-state index contributed by atoms with van der Waals surface area (Å²) < 4.78 is 5.82. The summed E-state index contributed by atoms with van der Waals surface area (Å²) in [5.74, 6) is 1.07. The van der Waals surface area contributed by atoms with E-state index < -0.39 is 11.5 Å². The van der Waals surface area contributed by atoms with Gasteiger partial charge in [-0.3, -0.25) is 4.79 Å². The van der Waals surface area contributed by atoms with Gasteiger partial charge in [-0.2, -0.15) is 0 Å². The van der Waals surface area contributed by atoms with E-state index in [1.54, 1.807) is 6.08 Å². The van der Waals surface area contributed by atoms with Crippen LogP contribution < -0.4 is 0 Å². The van der Waals surface area contributed by atoms with E-state index in [1.165, 1.54) is 0 Å². The number of cyclic esters (lactones) is 1. The van der Waals surface area contributed by atoms with Gasteiger partial charge in [-0.1, -0.05) is 37.1 Å². The molecule has 2 saturated carbocycles. The number of ketones is 1. The first-order chi connectivity index (χ1) is 15.6. The molecule has 4 aliphatic carbocycles. The Kier molecular flexibility index (Phi) is 5.52. The Labute approximate surface area is 197 Å². The van der Waals surface area contributed by atoms with E-state index in [9.17, 15) is 19.8 Å². The van der Waals surface area contributed by atoms with Gasteiger partial charge in [0, 0.05) is 6.42 Å². The molecule has 5 nitrogen and oxygen atoms in total. The lowest BCUT2D eigenvalue weighted by atomic mass is 9.46. The maximum atomic E-state index is 13.1. The average Bonchev–Trinajstić information content (AvgIpc) is 3.12. The fraction of sp³-hybridized carbons (Fsp3) is 0.714. The molecule has 2 N–H and O–H groups in total. The molecule has 0 aromatic heterocycles. The Bertz CT molecular complexity index is 959. The lowest BCUT2D eigenvalue weighted by Gasteiger charge is -2.58. The van der Waals surface area contributed by atoms with Crippen molar-refractivity contribution in [3.05, 3.63) is 34.9 Å². The van der Waals surface area contributed by atoms with Crippen LogP contribution in [0.3, 0.4) is 0 Å². The predicted molar refractivity (Wildman–Crippen MR) is 125 cm³/mol. The van der Waals surface area contributed by atoms with Crippen LogP contribution in [0.5, 0.6) is 0 Å². The molecule has 0 aromatic carbocycles. The van der Waals surface area contributed by atoms with E-state index in [0.717, 1.165) is 43.3 Å². The zero-order chi connectivity index (χ0) is 23.7. The fourth-order valence-corrected chi connectivity index (χ4v) is 8.67. The molecule has 0 bridgehead atoms. The first kappa shape index (κ1) is 23.0. The van der Waals surface area contributed by atoms with Crippen molar-refractivity contribution in [1.29, 1.82) is 0 Å². The van der Waals surface area contributed by atoms with Gasteiger partial charge in [0.05, 0.1) is 23.7 Å². The Morgan fingerprint density at radius 3 is 2.64 bits per heavy atom. The molecule has 180 valence electrons. The molecule has 33 heavy (non-hydrogen) atoms. The van der Waals surface area contributed by atoms with Crippen molar-refractivity contribution in [3.8, 4) is 0 Å². The van der Waals surface area contributed by atoms with Crippen LogP contribution in [0.15, 0.2) is 34.9 Å². The monoisotopic (exact) mass is 454 g/mol. The number of esters is 1. The molecule has 5 rings (SSSR count). The summed E-state index contributed by atoms with van der Waals surface area (Å²) in [6, 6.07) is 0. The van der Waals surface area contributed by atoms with E-state index in [4.69, 9.17) is 4.74 Å². The first-order valence-electron chi connectivity index (χ1n) is 12.7. The van der Waals surface area contributed by atoms with Gasteiger partial charge in [-0.05, 0) is 87.0 Å². The SMILES string of the molecule is CC1=C(CO)C(=O)OC([C@@H](C)[C@H]2CC[C@H]3C4[C@H](O)C=C5CC=CC(=O)[C@]5(C)[C@H]4CC[C@]23C)C1. The number of hydrogen-bond acceptors (Lipinski definition) is 5. The Morgan fingerprint density at radius 1 is 1.18 bits per heavy atom. The summed E-state index contributed by atoms with van der Waals surface area (Å²) in [7, 11) is 0. The van der Waals surface area contributed by atoms with Gasteiger partial charge >= 0.3 is 5.97 Å². The summed E-state index contributed by atoms with van der Waals surface area (Å²) in [6.45, 7) is 8.37. The van der Waals surface area contributed by atoms with Crippen LogP contribution >= 0.6 is 0 Å². The molecule has 1 aliphatic heterocycles. The molecule has 0 aromatic rings. The van der Waals surface area contributed by atoms with E-state index in [2.05, 4.69) is 20.8 Å². The number of fused-ring (bicyclic) bond motifs is 5. The number of hydrogen-bond donors (Lipinski definition) is 2. The molecule has 2 unspecified atom stereocenters. The quantitative estimate of drug-likeness (QED) is 0.495. The molecule has 2 fully saturated rings. The molecule has 0 saturated heterocycles. The normalized spacial score (nSPS) is 45.7. The average molecular weight is 455 g/mol. The van der Waals surface area contributed by atoms with Crippen LogP contribution in [0.2, 0.25) is 0 Å². The Morgan fingerprint density at radius 2 is 1.94 bits per heavy atom. The second-order valence-electron chi connectivity index (χ2n) is 11.8. The third-order valence-electron chi connectivity index (χ3n) is 10.6. The number of carbonyl (C=O) groups is 2. The van der Waals surface area contributed by atoms with Crippen molar-refractivity contribution in [3.63, 3.8) is 0 Å². The van der Waals surface area contributed by atoms with Crippen LogP contribution in [0, 0.1) is 40.4 Å². The number of aliphatic hydroxyl groups excluding tert-OH is 2. The zero-order valence-corrected chi connectivity index (χ0v) is 20.3. The van der Waals surface area contributed by atoms with Gasteiger partial charge in [0.1, 0.15) is 6.10 Å². The van der Waals surface area contributed by atoms with Crippen LogP contribution in [0.1, 0.15) is 66.2 Å². The van der Waals surface area contributed by atoms with Gasteiger partial charge in [-0.25, -0.2) is 4.79 Å². The maximum absolute atomic E-state index is 13.1. The number of allylic oxidation sites excluding steroid dienone is 3. The minimum atomic E-state index is -0.499. The highest BCUT2D eigenvalue weighted by Gasteiger charge is 2.62. The maximum Gasteiger partial charge on any atom is 0.336 e. The van der Waals surface area contributed by atoms with Gasteiger partial charge < -0.3 is 14.9 Å². The minimum absolute atomic E-state index is 0.0537. The third-order valence-corrected chi connectivity index (χ3v) is 10.6. The molecule has 0 amide bonds. The lowest BCUT2D eigenvalue weighted by molar-refractivity contribution is -0.153. The van der Waals surface area contributed by atoms with E-state index in [-0.39, 0.29) is 47.6 Å². The highest BCUT2D eigenvalue weighted by atomic mass is 16.5. The summed E-state index contributed by atoms with van der Waals surface area (Å²) in [4.78, 5) is 25.5. The first-order valence-corrected chi connectivity index (χ1v) is 12.7. The van der Waals surface area contributed by atoms with Crippen molar-refractivity contribution in [1.82, 2.24) is 0 Å². The largest absolute Gasteiger partial charge is 0.458 e. The third kappa shape index (κ3) is 3.18.